The molecule has 20 heavy (non-hydrogen) atoms. The Morgan fingerprint density at radius 1 is 1.30 bits per heavy atom. The highest BCUT2D eigenvalue weighted by Gasteiger charge is 2.12. The number of amides is 1. The van der Waals surface area contributed by atoms with Crippen molar-refractivity contribution in [3.8, 4) is 0 Å². The number of carboxylic acids is 1. The van der Waals surface area contributed by atoms with Crippen molar-refractivity contribution < 1.29 is 14.7 Å². The normalized spacial score (nSPS) is 12.6. The molecule has 0 aliphatic carbocycles. The number of hydrogen-bond acceptors (Lipinski definition) is 3. The summed E-state index contributed by atoms with van der Waals surface area (Å²) in [7, 11) is 0. The zero-order valence-electron chi connectivity index (χ0n) is 11.7. The minimum Gasteiger partial charge on any atom is -0.478 e. The van der Waals surface area contributed by atoms with Crippen LogP contribution in [0.2, 0.25) is 0 Å². The van der Waals surface area contributed by atoms with Gasteiger partial charge in [-0.3, -0.25) is 4.79 Å². The van der Waals surface area contributed by atoms with E-state index in [-0.39, 0.29) is 24.3 Å². The number of carbonyl (C=O) groups excluding carboxylic acids is 1. The minimum absolute atomic E-state index is 0.125. The molecule has 0 heterocycles. The molecule has 5 nitrogen and oxygen atoms in total. The van der Waals surface area contributed by atoms with Crippen molar-refractivity contribution >= 4 is 23.6 Å². The molecule has 0 spiro atoms. The molecule has 5 heteroatoms. The van der Waals surface area contributed by atoms with Gasteiger partial charge in [0.2, 0.25) is 5.91 Å². The molecule has 1 aromatic carbocycles. The predicted molar refractivity (Wildman–Crippen MR) is 79.2 cm³/mol. The van der Waals surface area contributed by atoms with Gasteiger partial charge in [0.05, 0.1) is 0 Å². The van der Waals surface area contributed by atoms with Gasteiger partial charge in [0.25, 0.3) is 0 Å². The van der Waals surface area contributed by atoms with Gasteiger partial charge >= 0.3 is 5.97 Å². The fraction of sp³-hybridized carbons (Fsp3) is 0.333. The molecule has 0 aliphatic rings. The summed E-state index contributed by atoms with van der Waals surface area (Å²) >= 11 is 0. The van der Waals surface area contributed by atoms with E-state index in [4.69, 9.17) is 10.8 Å². The summed E-state index contributed by atoms with van der Waals surface area (Å²) in [5.41, 5.74) is 7.26. The zero-order valence-corrected chi connectivity index (χ0v) is 11.7. The van der Waals surface area contributed by atoms with Gasteiger partial charge in [-0.05, 0) is 29.7 Å². The van der Waals surface area contributed by atoms with Crippen LogP contribution in [0.3, 0.4) is 0 Å². The van der Waals surface area contributed by atoms with E-state index in [0.717, 1.165) is 11.6 Å². The average Bonchev–Trinajstić information content (AvgIpc) is 2.37. The fourth-order valence-corrected chi connectivity index (χ4v) is 1.51. The third-order valence-electron chi connectivity index (χ3n) is 2.89. The molecule has 0 saturated carbocycles. The first kappa shape index (κ1) is 15.9. The molecule has 1 rings (SSSR count). The van der Waals surface area contributed by atoms with Gasteiger partial charge in [-0.1, -0.05) is 26.0 Å². The summed E-state index contributed by atoms with van der Waals surface area (Å²) in [6.07, 6.45) is 2.83. The molecule has 4 N–H and O–H groups in total. The van der Waals surface area contributed by atoms with Crippen LogP contribution in [0.25, 0.3) is 6.08 Å². The number of anilines is 1. The molecule has 0 aromatic heterocycles. The number of rotatable bonds is 6. The fourth-order valence-electron chi connectivity index (χ4n) is 1.51. The summed E-state index contributed by atoms with van der Waals surface area (Å²) in [4.78, 5) is 22.1. The lowest BCUT2D eigenvalue weighted by atomic mass is 10.0. The van der Waals surface area contributed by atoms with Crippen LogP contribution in [-0.2, 0) is 9.59 Å². The van der Waals surface area contributed by atoms with Crippen molar-refractivity contribution in [1.82, 2.24) is 0 Å². The third-order valence-corrected chi connectivity index (χ3v) is 2.89. The number of benzene rings is 1. The molecule has 0 bridgehead atoms. The molecule has 108 valence electrons. The Bertz CT molecular complexity index is 492. The number of aliphatic carboxylic acids is 1. The van der Waals surface area contributed by atoms with Crippen molar-refractivity contribution in [2.75, 3.05) is 5.32 Å². The molecular formula is C15H20N2O3. The second kappa shape index (κ2) is 7.45. The van der Waals surface area contributed by atoms with Crippen LogP contribution in [0, 0.1) is 5.92 Å². The zero-order chi connectivity index (χ0) is 15.1. The Morgan fingerprint density at radius 3 is 2.40 bits per heavy atom. The van der Waals surface area contributed by atoms with Gasteiger partial charge in [0, 0.05) is 24.2 Å². The monoisotopic (exact) mass is 276 g/mol. The van der Waals surface area contributed by atoms with E-state index in [0.29, 0.717) is 5.69 Å². The molecule has 0 fully saturated rings. The van der Waals surface area contributed by atoms with Crippen molar-refractivity contribution in [1.29, 1.82) is 0 Å². The smallest absolute Gasteiger partial charge is 0.328 e. The summed E-state index contributed by atoms with van der Waals surface area (Å²) in [5.74, 6) is -0.866. The van der Waals surface area contributed by atoms with Crippen LogP contribution in [0.15, 0.2) is 30.3 Å². The second-order valence-corrected chi connectivity index (χ2v) is 4.95. The van der Waals surface area contributed by atoms with E-state index in [9.17, 15) is 9.59 Å². The van der Waals surface area contributed by atoms with E-state index in [2.05, 4.69) is 5.32 Å². The first-order chi connectivity index (χ1) is 9.38. The van der Waals surface area contributed by atoms with Crippen molar-refractivity contribution in [3.63, 3.8) is 0 Å². The maximum absolute atomic E-state index is 11.7. The van der Waals surface area contributed by atoms with Gasteiger partial charge in [0.1, 0.15) is 0 Å². The molecule has 1 amide bonds. The quantitative estimate of drug-likeness (QED) is 0.694. The summed E-state index contributed by atoms with van der Waals surface area (Å²) < 4.78 is 0. The van der Waals surface area contributed by atoms with E-state index in [1.165, 1.54) is 6.08 Å². The largest absolute Gasteiger partial charge is 0.478 e. The van der Waals surface area contributed by atoms with Gasteiger partial charge in [-0.25, -0.2) is 4.79 Å². The lowest BCUT2D eigenvalue weighted by Crippen LogP contribution is -2.31. The third kappa shape index (κ3) is 5.67. The second-order valence-electron chi connectivity index (χ2n) is 4.95. The lowest BCUT2D eigenvalue weighted by molar-refractivity contribution is -0.131. The van der Waals surface area contributed by atoms with Crippen LogP contribution in [0.1, 0.15) is 25.8 Å². The molecule has 1 unspecified atom stereocenters. The number of nitrogens with two attached hydrogens (primary N) is 1. The van der Waals surface area contributed by atoms with E-state index >= 15 is 0 Å². The van der Waals surface area contributed by atoms with Crippen LogP contribution in [0.4, 0.5) is 5.69 Å². The Kier molecular flexibility index (Phi) is 5.93. The highest BCUT2D eigenvalue weighted by molar-refractivity contribution is 5.91. The van der Waals surface area contributed by atoms with Crippen molar-refractivity contribution in [2.24, 2.45) is 11.7 Å². The Hall–Kier alpha value is -2.14. The van der Waals surface area contributed by atoms with E-state index in [1.807, 2.05) is 13.8 Å². The maximum atomic E-state index is 11.7. The Morgan fingerprint density at radius 2 is 1.90 bits per heavy atom. The molecular weight excluding hydrogens is 256 g/mol. The number of carboxylic acid groups (broad SMARTS) is 1. The van der Waals surface area contributed by atoms with Crippen LogP contribution < -0.4 is 11.1 Å². The van der Waals surface area contributed by atoms with E-state index in [1.54, 1.807) is 24.3 Å². The lowest BCUT2D eigenvalue weighted by Gasteiger charge is -2.15. The van der Waals surface area contributed by atoms with Crippen LogP contribution in [0.5, 0.6) is 0 Å². The molecule has 1 atom stereocenters. The SMILES string of the molecule is CC(C)C(N)CC(=O)Nc1ccc(/C=C/C(=O)O)cc1. The van der Waals surface area contributed by atoms with Crippen LogP contribution >= 0.6 is 0 Å². The summed E-state index contributed by atoms with van der Waals surface area (Å²) in [6.45, 7) is 3.95. The highest BCUT2D eigenvalue weighted by Crippen LogP contribution is 2.12. The topological polar surface area (TPSA) is 92.4 Å². The molecule has 0 aliphatic heterocycles. The average molecular weight is 276 g/mol. The molecule has 0 saturated heterocycles. The Balaban J connectivity index is 2.57. The highest BCUT2D eigenvalue weighted by atomic mass is 16.4. The summed E-state index contributed by atoms with van der Waals surface area (Å²) in [5, 5.41) is 11.3. The molecule has 0 radical (unpaired) electrons. The van der Waals surface area contributed by atoms with Gasteiger partial charge in [0.15, 0.2) is 0 Å². The van der Waals surface area contributed by atoms with Gasteiger partial charge in [-0.2, -0.15) is 0 Å². The first-order valence-corrected chi connectivity index (χ1v) is 6.45. The number of carbonyl (C=O) groups is 2. The van der Waals surface area contributed by atoms with Crippen molar-refractivity contribution in [2.45, 2.75) is 26.3 Å². The van der Waals surface area contributed by atoms with Crippen molar-refractivity contribution in [3.05, 3.63) is 35.9 Å². The summed E-state index contributed by atoms with van der Waals surface area (Å²) in [6, 6.07) is 6.75. The number of hydrogen-bond donors (Lipinski definition) is 3. The first-order valence-electron chi connectivity index (χ1n) is 6.45. The maximum Gasteiger partial charge on any atom is 0.328 e. The Labute approximate surface area is 118 Å². The molecule has 1 aromatic rings. The minimum atomic E-state index is -0.995. The van der Waals surface area contributed by atoms with Gasteiger partial charge in [-0.15, -0.1) is 0 Å². The standard InChI is InChI=1S/C15H20N2O3/c1-10(2)13(16)9-14(18)17-12-6-3-11(4-7-12)5-8-15(19)20/h3-8,10,13H,9,16H2,1-2H3,(H,17,18)(H,19,20)/b8-5+. The predicted octanol–water partition coefficient (Wildman–Crippen LogP) is 2.10. The van der Waals surface area contributed by atoms with Gasteiger partial charge < -0.3 is 16.2 Å². The van der Waals surface area contributed by atoms with E-state index < -0.39 is 5.97 Å². The number of nitrogens with one attached hydrogen (secondary N) is 1. The van der Waals surface area contributed by atoms with Crippen LogP contribution in [-0.4, -0.2) is 23.0 Å².